The zero-order chi connectivity index (χ0) is 15.1. The van der Waals surface area contributed by atoms with Crippen molar-refractivity contribution >= 4 is 0 Å². The minimum absolute atomic E-state index is 0.0579. The molecule has 1 unspecified atom stereocenters. The number of nitrogens with two attached hydrogens (primary N) is 1. The number of rotatable bonds is 8. The Hall–Kier alpha value is -1.81. The molecule has 0 saturated carbocycles. The van der Waals surface area contributed by atoms with Gasteiger partial charge in [-0.3, -0.25) is 0 Å². The maximum absolute atomic E-state index is 6.24. The lowest BCUT2D eigenvalue weighted by Crippen LogP contribution is -2.18. The molecule has 0 aliphatic carbocycles. The van der Waals surface area contributed by atoms with Crippen LogP contribution in [0.1, 0.15) is 38.4 Å². The highest BCUT2D eigenvalue weighted by Crippen LogP contribution is 2.18. The van der Waals surface area contributed by atoms with Gasteiger partial charge in [-0.15, -0.1) is 0 Å². The Kier molecular flexibility index (Phi) is 5.81. The molecular formula is C17H25N3O. The minimum atomic E-state index is 0.0579. The van der Waals surface area contributed by atoms with Gasteiger partial charge in [0.25, 0.3) is 0 Å². The molecular weight excluding hydrogens is 262 g/mol. The molecule has 0 fully saturated rings. The quantitative estimate of drug-likeness (QED) is 0.757. The standard InChI is InChI=1S/C17H25N3O/c1-14(2)11-16(18)17-12-19-13-20(17)9-6-10-21-15-7-4-3-5-8-15/h3-5,7-8,12-14,16H,6,9-11,18H2,1-2H3. The van der Waals surface area contributed by atoms with E-state index in [0.717, 1.165) is 30.8 Å². The molecule has 4 nitrogen and oxygen atoms in total. The molecule has 0 amide bonds. The molecule has 114 valence electrons. The summed E-state index contributed by atoms with van der Waals surface area (Å²) in [5.74, 6) is 1.50. The van der Waals surface area contributed by atoms with Crippen LogP contribution in [0.2, 0.25) is 0 Å². The highest BCUT2D eigenvalue weighted by molar-refractivity contribution is 5.20. The van der Waals surface area contributed by atoms with E-state index in [1.165, 1.54) is 0 Å². The third-order valence-corrected chi connectivity index (χ3v) is 3.41. The number of imidazole rings is 1. The van der Waals surface area contributed by atoms with Crippen LogP contribution in [0.5, 0.6) is 5.75 Å². The molecule has 1 aromatic carbocycles. The monoisotopic (exact) mass is 287 g/mol. The second-order valence-corrected chi connectivity index (χ2v) is 5.76. The molecule has 2 N–H and O–H groups in total. The summed E-state index contributed by atoms with van der Waals surface area (Å²) >= 11 is 0. The van der Waals surface area contributed by atoms with E-state index < -0.39 is 0 Å². The summed E-state index contributed by atoms with van der Waals surface area (Å²) in [4.78, 5) is 4.23. The Morgan fingerprint density at radius 2 is 2.00 bits per heavy atom. The van der Waals surface area contributed by atoms with Crippen LogP contribution in [0.15, 0.2) is 42.9 Å². The summed E-state index contributed by atoms with van der Waals surface area (Å²) in [6.07, 6.45) is 5.65. The first-order chi connectivity index (χ1) is 10.2. The van der Waals surface area contributed by atoms with Gasteiger partial charge in [0.2, 0.25) is 0 Å². The van der Waals surface area contributed by atoms with Crippen LogP contribution in [-0.2, 0) is 6.54 Å². The molecule has 1 atom stereocenters. The molecule has 1 aromatic heterocycles. The Bertz CT molecular complexity index is 522. The average Bonchev–Trinajstić information content (AvgIpc) is 2.92. The van der Waals surface area contributed by atoms with Crippen LogP contribution < -0.4 is 10.5 Å². The number of aryl methyl sites for hydroxylation is 1. The van der Waals surface area contributed by atoms with Gasteiger partial charge in [-0.1, -0.05) is 32.0 Å². The highest BCUT2D eigenvalue weighted by atomic mass is 16.5. The van der Waals surface area contributed by atoms with Crippen molar-refractivity contribution in [3.8, 4) is 5.75 Å². The fraction of sp³-hybridized carbons (Fsp3) is 0.471. The topological polar surface area (TPSA) is 53.1 Å². The molecule has 2 rings (SSSR count). The Labute approximate surface area is 127 Å². The van der Waals surface area contributed by atoms with E-state index in [1.807, 2.05) is 42.9 Å². The normalized spacial score (nSPS) is 12.6. The van der Waals surface area contributed by atoms with Crippen molar-refractivity contribution in [2.45, 2.75) is 39.3 Å². The fourth-order valence-corrected chi connectivity index (χ4v) is 2.40. The van der Waals surface area contributed by atoms with Gasteiger partial charge in [-0.25, -0.2) is 4.98 Å². The van der Waals surface area contributed by atoms with Gasteiger partial charge in [0.05, 0.1) is 18.6 Å². The van der Waals surface area contributed by atoms with Gasteiger partial charge in [0.1, 0.15) is 5.75 Å². The van der Waals surface area contributed by atoms with Crippen LogP contribution in [0.3, 0.4) is 0 Å². The lowest BCUT2D eigenvalue weighted by atomic mass is 10.0. The number of benzene rings is 1. The lowest BCUT2D eigenvalue weighted by Gasteiger charge is -2.16. The maximum Gasteiger partial charge on any atom is 0.119 e. The minimum Gasteiger partial charge on any atom is -0.494 e. The van der Waals surface area contributed by atoms with Crippen LogP contribution in [0.4, 0.5) is 0 Å². The Morgan fingerprint density at radius 1 is 1.24 bits per heavy atom. The summed E-state index contributed by atoms with van der Waals surface area (Å²) in [5, 5.41) is 0. The molecule has 1 heterocycles. The zero-order valence-electron chi connectivity index (χ0n) is 12.9. The number of hydrogen-bond acceptors (Lipinski definition) is 3. The van der Waals surface area contributed by atoms with E-state index in [9.17, 15) is 0 Å². The van der Waals surface area contributed by atoms with Gasteiger partial charge in [-0.2, -0.15) is 0 Å². The first kappa shape index (κ1) is 15.6. The van der Waals surface area contributed by atoms with Gasteiger partial charge in [-0.05, 0) is 30.9 Å². The molecule has 2 aromatic rings. The van der Waals surface area contributed by atoms with Gasteiger partial charge >= 0.3 is 0 Å². The highest BCUT2D eigenvalue weighted by Gasteiger charge is 2.12. The van der Waals surface area contributed by atoms with Crippen LogP contribution in [0, 0.1) is 5.92 Å². The van der Waals surface area contributed by atoms with Crippen molar-refractivity contribution < 1.29 is 4.74 Å². The fourth-order valence-electron chi connectivity index (χ4n) is 2.40. The average molecular weight is 287 g/mol. The van der Waals surface area contributed by atoms with Gasteiger partial charge in [0, 0.05) is 18.8 Å². The van der Waals surface area contributed by atoms with Crippen molar-refractivity contribution in [3.05, 3.63) is 48.5 Å². The summed E-state index contributed by atoms with van der Waals surface area (Å²) in [5.41, 5.74) is 7.36. The van der Waals surface area contributed by atoms with Crippen LogP contribution >= 0.6 is 0 Å². The van der Waals surface area contributed by atoms with Gasteiger partial charge in [0.15, 0.2) is 0 Å². The van der Waals surface area contributed by atoms with E-state index in [0.29, 0.717) is 12.5 Å². The smallest absolute Gasteiger partial charge is 0.119 e. The van der Waals surface area contributed by atoms with Crippen molar-refractivity contribution in [1.29, 1.82) is 0 Å². The SMILES string of the molecule is CC(C)CC(N)c1cncn1CCCOc1ccccc1. The molecule has 0 aliphatic heterocycles. The largest absolute Gasteiger partial charge is 0.494 e. The third-order valence-electron chi connectivity index (χ3n) is 3.41. The van der Waals surface area contributed by atoms with E-state index in [2.05, 4.69) is 23.4 Å². The number of aromatic nitrogens is 2. The van der Waals surface area contributed by atoms with Crippen molar-refractivity contribution in [1.82, 2.24) is 9.55 Å². The Morgan fingerprint density at radius 3 is 2.71 bits per heavy atom. The third kappa shape index (κ3) is 4.90. The zero-order valence-corrected chi connectivity index (χ0v) is 12.9. The molecule has 4 heteroatoms. The van der Waals surface area contributed by atoms with Crippen molar-refractivity contribution in [3.63, 3.8) is 0 Å². The second kappa shape index (κ2) is 7.84. The number of hydrogen-bond donors (Lipinski definition) is 1. The molecule has 0 radical (unpaired) electrons. The first-order valence-electron chi connectivity index (χ1n) is 7.60. The maximum atomic E-state index is 6.24. The van der Waals surface area contributed by atoms with E-state index in [-0.39, 0.29) is 6.04 Å². The van der Waals surface area contributed by atoms with E-state index in [4.69, 9.17) is 10.5 Å². The number of ether oxygens (including phenoxy) is 1. The van der Waals surface area contributed by atoms with E-state index in [1.54, 1.807) is 0 Å². The predicted octanol–water partition coefficient (Wildman–Crippen LogP) is 3.40. The summed E-state index contributed by atoms with van der Waals surface area (Å²) in [6, 6.07) is 9.95. The second-order valence-electron chi connectivity index (χ2n) is 5.76. The van der Waals surface area contributed by atoms with Crippen molar-refractivity contribution in [2.75, 3.05) is 6.61 Å². The first-order valence-corrected chi connectivity index (χ1v) is 7.60. The Balaban J connectivity index is 1.80. The summed E-state index contributed by atoms with van der Waals surface area (Å²) < 4.78 is 7.84. The van der Waals surface area contributed by atoms with Gasteiger partial charge < -0.3 is 15.0 Å². The van der Waals surface area contributed by atoms with E-state index >= 15 is 0 Å². The molecule has 0 saturated heterocycles. The number of para-hydroxylation sites is 1. The molecule has 0 aliphatic rings. The number of nitrogens with zero attached hydrogens (tertiary/aromatic N) is 2. The summed E-state index contributed by atoms with van der Waals surface area (Å²) in [7, 11) is 0. The molecule has 21 heavy (non-hydrogen) atoms. The predicted molar refractivity (Wildman–Crippen MR) is 85.2 cm³/mol. The van der Waals surface area contributed by atoms with Crippen molar-refractivity contribution in [2.24, 2.45) is 11.7 Å². The van der Waals surface area contributed by atoms with Crippen LogP contribution in [-0.4, -0.2) is 16.2 Å². The summed E-state index contributed by atoms with van der Waals surface area (Å²) in [6.45, 7) is 5.96. The van der Waals surface area contributed by atoms with Crippen LogP contribution in [0.25, 0.3) is 0 Å². The molecule has 0 spiro atoms. The molecule has 0 bridgehead atoms. The lowest BCUT2D eigenvalue weighted by molar-refractivity contribution is 0.300.